The van der Waals surface area contributed by atoms with Gasteiger partial charge in [0.05, 0.1) is 12.0 Å². The first-order chi connectivity index (χ1) is 11.0. The summed E-state index contributed by atoms with van der Waals surface area (Å²) in [4.78, 5) is 4.73. The SMILES string of the molecule is Cc1nocc1S(=O)(=O)N1CCCC2c3ncn(C)c3CCC21. The van der Waals surface area contributed by atoms with Crippen LogP contribution in [0.5, 0.6) is 0 Å². The predicted molar refractivity (Wildman–Crippen MR) is 82.4 cm³/mol. The van der Waals surface area contributed by atoms with Crippen LogP contribution in [0, 0.1) is 6.92 Å². The average Bonchev–Trinajstić information content (AvgIpc) is 3.13. The summed E-state index contributed by atoms with van der Waals surface area (Å²) in [5, 5.41) is 3.72. The van der Waals surface area contributed by atoms with E-state index in [0.29, 0.717) is 12.2 Å². The van der Waals surface area contributed by atoms with Crippen molar-refractivity contribution in [2.45, 2.75) is 49.5 Å². The van der Waals surface area contributed by atoms with E-state index in [1.807, 2.05) is 13.4 Å². The van der Waals surface area contributed by atoms with Crippen LogP contribution in [0.15, 0.2) is 22.0 Å². The summed E-state index contributed by atoms with van der Waals surface area (Å²) in [7, 11) is -1.57. The molecule has 0 amide bonds. The van der Waals surface area contributed by atoms with E-state index in [1.54, 1.807) is 11.2 Å². The van der Waals surface area contributed by atoms with Crippen molar-refractivity contribution in [3.63, 3.8) is 0 Å². The van der Waals surface area contributed by atoms with Gasteiger partial charge in [-0.25, -0.2) is 13.4 Å². The van der Waals surface area contributed by atoms with Crippen molar-refractivity contribution in [1.82, 2.24) is 19.0 Å². The topological polar surface area (TPSA) is 81.2 Å². The van der Waals surface area contributed by atoms with E-state index in [0.717, 1.165) is 31.4 Å². The third-order valence-corrected chi connectivity index (χ3v) is 7.16. The summed E-state index contributed by atoms with van der Waals surface area (Å²) < 4.78 is 34.6. The highest BCUT2D eigenvalue weighted by Gasteiger charge is 2.44. The van der Waals surface area contributed by atoms with Crippen LogP contribution in [0.25, 0.3) is 0 Å². The zero-order chi connectivity index (χ0) is 16.2. The van der Waals surface area contributed by atoms with Crippen LogP contribution in [-0.4, -0.2) is 40.0 Å². The number of nitrogens with zero attached hydrogens (tertiary/aromatic N) is 4. The van der Waals surface area contributed by atoms with Crippen molar-refractivity contribution < 1.29 is 12.9 Å². The number of hydrogen-bond acceptors (Lipinski definition) is 5. The molecule has 0 saturated carbocycles. The number of rotatable bonds is 2. The third kappa shape index (κ3) is 2.15. The molecule has 1 aliphatic carbocycles. The second kappa shape index (κ2) is 5.17. The van der Waals surface area contributed by atoms with Crippen LogP contribution < -0.4 is 0 Å². The highest BCUT2D eigenvalue weighted by Crippen LogP contribution is 2.42. The van der Waals surface area contributed by atoms with Crippen molar-refractivity contribution >= 4 is 10.0 Å². The summed E-state index contributed by atoms with van der Waals surface area (Å²) in [6.07, 6.45) is 6.61. The van der Waals surface area contributed by atoms with E-state index in [1.165, 1.54) is 12.0 Å². The van der Waals surface area contributed by atoms with E-state index in [2.05, 4.69) is 14.7 Å². The molecule has 0 aromatic carbocycles. The van der Waals surface area contributed by atoms with Gasteiger partial charge in [0.15, 0.2) is 0 Å². The molecule has 2 atom stereocenters. The highest BCUT2D eigenvalue weighted by molar-refractivity contribution is 7.89. The summed E-state index contributed by atoms with van der Waals surface area (Å²) in [5.74, 6) is 0.184. The molecule has 2 unspecified atom stereocenters. The average molecular weight is 336 g/mol. The van der Waals surface area contributed by atoms with Gasteiger partial charge in [-0.2, -0.15) is 4.31 Å². The number of aromatic nitrogens is 3. The molecule has 7 nitrogen and oxygen atoms in total. The fraction of sp³-hybridized carbons (Fsp3) is 0.600. The van der Waals surface area contributed by atoms with Crippen molar-refractivity contribution in [2.24, 2.45) is 7.05 Å². The predicted octanol–water partition coefficient (Wildman–Crippen LogP) is 1.60. The van der Waals surface area contributed by atoms with Gasteiger partial charge >= 0.3 is 0 Å². The van der Waals surface area contributed by atoms with Crippen molar-refractivity contribution in [3.05, 3.63) is 29.7 Å². The quantitative estimate of drug-likeness (QED) is 0.832. The Kier molecular flexibility index (Phi) is 3.35. The Hall–Kier alpha value is -1.67. The molecule has 2 aromatic heterocycles. The lowest BCUT2D eigenvalue weighted by molar-refractivity contribution is 0.197. The number of aryl methyl sites for hydroxylation is 2. The van der Waals surface area contributed by atoms with Crippen molar-refractivity contribution in [3.8, 4) is 0 Å². The number of piperidine rings is 1. The van der Waals surface area contributed by atoms with Crippen LogP contribution in [0.1, 0.15) is 42.3 Å². The summed E-state index contributed by atoms with van der Waals surface area (Å²) in [5.41, 5.74) is 2.74. The third-order valence-electron chi connectivity index (χ3n) is 5.14. The van der Waals surface area contributed by atoms with Crippen molar-refractivity contribution in [2.75, 3.05) is 6.54 Å². The van der Waals surface area contributed by atoms with Gasteiger partial charge in [-0.1, -0.05) is 5.16 Å². The Labute approximate surface area is 135 Å². The normalized spacial score (nSPS) is 25.1. The summed E-state index contributed by atoms with van der Waals surface area (Å²) in [6.45, 7) is 2.21. The van der Waals surface area contributed by atoms with Crippen LogP contribution in [0.2, 0.25) is 0 Å². The monoisotopic (exact) mass is 336 g/mol. The van der Waals surface area contributed by atoms with Crippen molar-refractivity contribution in [1.29, 1.82) is 0 Å². The van der Waals surface area contributed by atoms with Gasteiger partial charge in [-0.05, 0) is 32.6 Å². The smallest absolute Gasteiger partial charge is 0.248 e. The first-order valence-electron chi connectivity index (χ1n) is 7.93. The molecular formula is C15H20N4O3S. The first kappa shape index (κ1) is 14.9. The number of imidazole rings is 1. The van der Waals surface area contributed by atoms with Gasteiger partial charge in [0.1, 0.15) is 16.9 Å². The van der Waals surface area contributed by atoms with E-state index < -0.39 is 10.0 Å². The minimum atomic E-state index is -3.57. The molecular weight excluding hydrogens is 316 g/mol. The number of fused-ring (bicyclic) bond motifs is 3. The van der Waals surface area contributed by atoms with Gasteiger partial charge in [-0.3, -0.25) is 0 Å². The lowest BCUT2D eigenvalue weighted by atomic mass is 9.80. The molecule has 4 rings (SSSR count). The van der Waals surface area contributed by atoms with Crippen LogP contribution in [0.4, 0.5) is 0 Å². The maximum Gasteiger partial charge on any atom is 0.248 e. The van der Waals surface area contributed by atoms with E-state index >= 15 is 0 Å². The Morgan fingerprint density at radius 1 is 1.35 bits per heavy atom. The van der Waals surface area contributed by atoms with Gasteiger partial charge < -0.3 is 9.09 Å². The Bertz CT molecular complexity index is 839. The molecule has 124 valence electrons. The minimum Gasteiger partial charge on any atom is -0.363 e. The molecule has 0 bridgehead atoms. The number of sulfonamides is 1. The molecule has 2 aromatic rings. The van der Waals surface area contributed by atoms with Crippen LogP contribution in [0.3, 0.4) is 0 Å². The second-order valence-electron chi connectivity index (χ2n) is 6.42. The molecule has 0 N–H and O–H groups in total. The Morgan fingerprint density at radius 3 is 2.91 bits per heavy atom. The lowest BCUT2D eigenvalue weighted by Gasteiger charge is -2.42. The largest absolute Gasteiger partial charge is 0.363 e. The zero-order valence-corrected chi connectivity index (χ0v) is 14.1. The summed E-state index contributed by atoms with van der Waals surface area (Å²) >= 11 is 0. The second-order valence-corrected chi connectivity index (χ2v) is 8.28. The number of hydrogen-bond donors (Lipinski definition) is 0. The van der Waals surface area contributed by atoms with E-state index in [9.17, 15) is 8.42 Å². The molecule has 23 heavy (non-hydrogen) atoms. The molecule has 0 radical (unpaired) electrons. The fourth-order valence-electron chi connectivity index (χ4n) is 4.02. The van der Waals surface area contributed by atoms with Crippen LogP contribution in [-0.2, 0) is 23.5 Å². The molecule has 1 aliphatic heterocycles. The molecule has 2 aliphatic rings. The van der Waals surface area contributed by atoms with E-state index in [-0.39, 0.29) is 16.9 Å². The first-order valence-corrected chi connectivity index (χ1v) is 9.37. The van der Waals surface area contributed by atoms with Gasteiger partial charge in [0.25, 0.3) is 0 Å². The Balaban J connectivity index is 1.73. The molecule has 8 heteroatoms. The van der Waals surface area contributed by atoms with Crippen LogP contribution >= 0.6 is 0 Å². The summed E-state index contributed by atoms with van der Waals surface area (Å²) in [6, 6.07) is -0.0227. The molecule has 3 heterocycles. The maximum absolute atomic E-state index is 13.0. The van der Waals surface area contributed by atoms with E-state index in [4.69, 9.17) is 4.52 Å². The zero-order valence-electron chi connectivity index (χ0n) is 13.3. The standard InChI is InChI=1S/C15H20N4O3S/c1-10-14(8-22-17-10)23(20,21)19-7-3-4-11-12(19)5-6-13-15(11)16-9-18(13)2/h8-9,11-12H,3-7H2,1-2H3. The molecule has 1 fully saturated rings. The fourth-order valence-corrected chi connectivity index (χ4v) is 5.82. The highest BCUT2D eigenvalue weighted by atomic mass is 32.2. The Morgan fingerprint density at radius 2 is 2.17 bits per heavy atom. The molecule has 0 spiro atoms. The van der Waals surface area contributed by atoms with Gasteiger partial charge in [0, 0.05) is 31.2 Å². The maximum atomic E-state index is 13.0. The van der Waals surface area contributed by atoms with Gasteiger partial charge in [-0.15, -0.1) is 0 Å². The van der Waals surface area contributed by atoms with Gasteiger partial charge in [0.2, 0.25) is 10.0 Å². The molecule has 1 saturated heterocycles. The lowest BCUT2D eigenvalue weighted by Crippen LogP contribution is -2.49. The minimum absolute atomic E-state index is 0.0227.